The van der Waals surface area contributed by atoms with Crippen LogP contribution in [0, 0.1) is 0 Å². The normalized spacial score (nSPS) is 13.9. The Balaban J connectivity index is 1.46. The first kappa shape index (κ1) is 23.4. The van der Waals surface area contributed by atoms with Crippen LogP contribution in [0.4, 0.5) is 0 Å². The second-order valence-electron chi connectivity index (χ2n) is 7.84. The molecule has 2 heterocycles. The number of carbonyl (C=O) groups is 1. The van der Waals surface area contributed by atoms with E-state index in [0.29, 0.717) is 5.76 Å². The molecule has 34 heavy (non-hydrogen) atoms. The number of aliphatic hydroxyl groups is 2. The van der Waals surface area contributed by atoms with Gasteiger partial charge in [0.1, 0.15) is 24.2 Å². The average Bonchev–Trinajstić information content (AvgIpc) is 3.59. The van der Waals surface area contributed by atoms with Crippen molar-refractivity contribution in [3.05, 3.63) is 90.3 Å². The van der Waals surface area contributed by atoms with Crippen molar-refractivity contribution in [2.75, 3.05) is 0 Å². The molecule has 2 aromatic heterocycles. The number of carbonyl (C=O) groups excluding carboxylic acids is 1. The number of furan rings is 1. The van der Waals surface area contributed by atoms with Gasteiger partial charge in [-0.25, -0.2) is 10.5 Å². The number of oxazole rings is 1. The summed E-state index contributed by atoms with van der Waals surface area (Å²) in [5, 5.41) is 29.1. The highest BCUT2D eigenvalue weighted by Crippen LogP contribution is 2.32. The van der Waals surface area contributed by atoms with Crippen molar-refractivity contribution in [3.8, 4) is 22.5 Å². The highest BCUT2D eigenvalue weighted by atomic mass is 16.5. The third-order valence-corrected chi connectivity index (χ3v) is 5.61. The number of aromatic nitrogens is 1. The molecule has 0 spiro atoms. The van der Waals surface area contributed by atoms with Crippen LogP contribution in [-0.2, 0) is 22.7 Å². The van der Waals surface area contributed by atoms with Crippen LogP contribution < -0.4 is 5.48 Å². The number of hydrogen-bond donors (Lipinski definition) is 4. The summed E-state index contributed by atoms with van der Waals surface area (Å²) in [7, 11) is 0. The van der Waals surface area contributed by atoms with Gasteiger partial charge in [0.25, 0.3) is 5.91 Å². The van der Waals surface area contributed by atoms with Crippen molar-refractivity contribution < 1.29 is 33.8 Å². The Hall–Kier alpha value is -3.76. The van der Waals surface area contributed by atoms with Gasteiger partial charge >= 0.3 is 0 Å². The topological polar surface area (TPSA) is 138 Å². The van der Waals surface area contributed by atoms with Crippen LogP contribution in [0.2, 0.25) is 0 Å². The van der Waals surface area contributed by atoms with Crippen LogP contribution in [0.1, 0.15) is 30.1 Å². The fraction of sp³-hybridized carbons (Fsp3) is 0.200. The van der Waals surface area contributed by atoms with E-state index < -0.39 is 17.6 Å². The minimum atomic E-state index is -1.85. The van der Waals surface area contributed by atoms with Gasteiger partial charge in [-0.15, -0.1) is 0 Å². The number of rotatable bonds is 9. The molecular weight excluding hydrogens is 440 g/mol. The average molecular weight is 464 g/mol. The van der Waals surface area contributed by atoms with Crippen LogP contribution in [0.25, 0.3) is 22.5 Å². The summed E-state index contributed by atoms with van der Waals surface area (Å²) in [5.41, 5.74) is 3.35. The van der Waals surface area contributed by atoms with Gasteiger partial charge in [-0.05, 0) is 35.7 Å². The summed E-state index contributed by atoms with van der Waals surface area (Å²) in [4.78, 5) is 16.3. The molecule has 0 unspecified atom stereocenters. The lowest BCUT2D eigenvalue weighted by Crippen LogP contribution is -2.49. The minimum absolute atomic E-state index is 0.0146. The first-order valence-corrected chi connectivity index (χ1v) is 10.5. The molecule has 176 valence electrons. The van der Waals surface area contributed by atoms with Crippen LogP contribution in [0.5, 0.6) is 0 Å². The summed E-state index contributed by atoms with van der Waals surface area (Å²) < 4.78 is 16.4. The van der Waals surface area contributed by atoms with Gasteiger partial charge in [0.2, 0.25) is 0 Å². The molecule has 4 N–H and O–H groups in total. The molecule has 0 bridgehead atoms. The van der Waals surface area contributed by atoms with Crippen molar-refractivity contribution in [3.63, 3.8) is 0 Å². The van der Waals surface area contributed by atoms with E-state index in [2.05, 4.69) is 4.98 Å². The van der Waals surface area contributed by atoms with Crippen LogP contribution in [0.3, 0.4) is 0 Å². The van der Waals surface area contributed by atoms with Gasteiger partial charge in [-0.2, -0.15) is 0 Å². The molecule has 0 aliphatic heterocycles. The molecule has 9 heteroatoms. The van der Waals surface area contributed by atoms with Crippen molar-refractivity contribution in [1.82, 2.24) is 10.5 Å². The Labute approximate surface area is 195 Å². The van der Waals surface area contributed by atoms with E-state index in [1.54, 1.807) is 6.20 Å². The predicted octanol–water partition coefficient (Wildman–Crippen LogP) is 3.61. The zero-order chi connectivity index (χ0) is 24.1. The Kier molecular flexibility index (Phi) is 6.90. The van der Waals surface area contributed by atoms with Crippen molar-refractivity contribution in [2.45, 2.75) is 31.8 Å². The highest BCUT2D eigenvalue weighted by molar-refractivity contribution is 5.84. The fourth-order valence-corrected chi connectivity index (χ4v) is 3.49. The SMILES string of the molecule is C[C@@](OCc1ccc(-c2ccc(-c3cnco3)cc2)cc1)(C(=O)NO)[C@H](O)c1ccc(CO)o1. The van der Waals surface area contributed by atoms with Gasteiger partial charge in [0.05, 0.1) is 12.8 Å². The van der Waals surface area contributed by atoms with Crippen molar-refractivity contribution in [1.29, 1.82) is 0 Å². The summed E-state index contributed by atoms with van der Waals surface area (Å²) in [6, 6.07) is 18.3. The van der Waals surface area contributed by atoms with Gasteiger partial charge in [0.15, 0.2) is 17.8 Å². The van der Waals surface area contributed by atoms with Gasteiger partial charge in [-0.3, -0.25) is 10.0 Å². The monoisotopic (exact) mass is 464 g/mol. The van der Waals surface area contributed by atoms with Gasteiger partial charge < -0.3 is 23.8 Å². The van der Waals surface area contributed by atoms with Gasteiger partial charge in [-0.1, -0.05) is 48.5 Å². The van der Waals surface area contributed by atoms with Crippen molar-refractivity contribution >= 4 is 5.91 Å². The smallest absolute Gasteiger partial charge is 0.278 e. The number of benzene rings is 2. The van der Waals surface area contributed by atoms with E-state index >= 15 is 0 Å². The van der Waals surface area contributed by atoms with Crippen molar-refractivity contribution in [2.24, 2.45) is 0 Å². The largest absolute Gasteiger partial charge is 0.461 e. The Morgan fingerprint density at radius 3 is 2.26 bits per heavy atom. The minimum Gasteiger partial charge on any atom is -0.461 e. The third kappa shape index (κ3) is 4.78. The molecule has 2 atom stereocenters. The maximum Gasteiger partial charge on any atom is 0.278 e. The summed E-state index contributed by atoms with van der Waals surface area (Å²) >= 11 is 0. The lowest BCUT2D eigenvalue weighted by atomic mass is 9.95. The molecule has 0 fully saturated rings. The number of hydroxylamine groups is 1. The summed E-state index contributed by atoms with van der Waals surface area (Å²) in [6.45, 7) is 0.972. The second kappa shape index (κ2) is 10.0. The molecule has 1 amide bonds. The number of aliphatic hydroxyl groups excluding tert-OH is 2. The number of amides is 1. The van der Waals surface area contributed by atoms with E-state index in [-0.39, 0.29) is 24.7 Å². The summed E-state index contributed by atoms with van der Waals surface area (Å²) in [6.07, 6.45) is 1.52. The number of nitrogens with zero attached hydrogens (tertiary/aromatic N) is 1. The second-order valence-corrected chi connectivity index (χ2v) is 7.84. The lowest BCUT2D eigenvalue weighted by molar-refractivity contribution is -0.175. The first-order valence-electron chi connectivity index (χ1n) is 10.5. The Morgan fingerprint density at radius 2 is 1.71 bits per heavy atom. The predicted molar refractivity (Wildman–Crippen MR) is 120 cm³/mol. The lowest BCUT2D eigenvalue weighted by Gasteiger charge is -2.31. The molecule has 2 aromatic carbocycles. The molecule has 9 nitrogen and oxygen atoms in total. The molecule has 0 saturated carbocycles. The van der Waals surface area contributed by atoms with E-state index in [1.807, 2.05) is 48.5 Å². The molecule has 4 rings (SSSR count). The zero-order valence-electron chi connectivity index (χ0n) is 18.3. The van der Waals surface area contributed by atoms with E-state index in [0.717, 1.165) is 22.3 Å². The third-order valence-electron chi connectivity index (χ3n) is 5.61. The summed E-state index contributed by atoms with van der Waals surface area (Å²) in [5.74, 6) is 0.00766. The van der Waals surface area contributed by atoms with E-state index in [4.69, 9.17) is 13.6 Å². The maximum atomic E-state index is 12.4. The number of hydrogen-bond acceptors (Lipinski definition) is 8. The standard InChI is InChI=1S/C25H24N2O7/c1-25(24(30)27-31,23(29)21-11-10-20(13-28)34-21)33-14-16-2-4-17(5-3-16)18-6-8-19(9-7-18)22-12-26-15-32-22/h2-12,15,23,28-29,31H,13-14H2,1H3,(H,27,30)/t23-,25+/m1/s1. The molecule has 0 aliphatic carbocycles. The first-order chi connectivity index (χ1) is 16.4. The van der Waals surface area contributed by atoms with Crippen LogP contribution in [0.15, 0.2) is 82.1 Å². The molecular formula is C25H24N2O7. The highest BCUT2D eigenvalue weighted by Gasteiger charge is 2.44. The van der Waals surface area contributed by atoms with Gasteiger partial charge in [0, 0.05) is 5.56 Å². The fourth-order valence-electron chi connectivity index (χ4n) is 3.49. The number of nitrogens with one attached hydrogen (secondary N) is 1. The molecule has 0 radical (unpaired) electrons. The van der Waals surface area contributed by atoms with Crippen LogP contribution in [-0.4, -0.2) is 31.9 Å². The molecule has 0 aliphatic rings. The molecule has 4 aromatic rings. The number of ether oxygens (including phenoxy) is 1. The molecule has 0 saturated heterocycles. The Morgan fingerprint density at radius 1 is 1.06 bits per heavy atom. The van der Waals surface area contributed by atoms with E-state index in [9.17, 15) is 20.2 Å². The quantitative estimate of drug-likeness (QED) is 0.218. The Bertz CT molecular complexity index is 1220. The maximum absolute atomic E-state index is 12.4. The zero-order valence-corrected chi connectivity index (χ0v) is 18.3. The van der Waals surface area contributed by atoms with E-state index in [1.165, 1.54) is 30.9 Å². The van der Waals surface area contributed by atoms with Crippen LogP contribution >= 0.6 is 0 Å².